The smallest absolute Gasteiger partial charge is 0.405 e. The van der Waals surface area contributed by atoms with Crippen molar-refractivity contribution in [2.45, 2.75) is 13.3 Å². The van der Waals surface area contributed by atoms with E-state index in [1.807, 2.05) is 0 Å². The van der Waals surface area contributed by atoms with E-state index in [-0.39, 0.29) is 16.1 Å². The average Bonchev–Trinajstić information content (AvgIpc) is 2.26. The monoisotopic (exact) mass is 286 g/mol. The van der Waals surface area contributed by atoms with E-state index < -0.39 is 6.36 Å². The summed E-state index contributed by atoms with van der Waals surface area (Å²) in [7, 11) is 0. The van der Waals surface area contributed by atoms with E-state index in [0.29, 0.717) is 11.4 Å². The van der Waals surface area contributed by atoms with Crippen molar-refractivity contribution in [3.63, 3.8) is 0 Å². The summed E-state index contributed by atoms with van der Waals surface area (Å²) in [5.74, 6) is -0.303. The summed E-state index contributed by atoms with van der Waals surface area (Å²) in [5, 5.41) is 0. The molecule has 3 nitrogen and oxygen atoms in total. The van der Waals surface area contributed by atoms with Crippen LogP contribution >= 0.6 is 12.2 Å². The van der Waals surface area contributed by atoms with E-state index in [1.54, 1.807) is 19.1 Å². The van der Waals surface area contributed by atoms with Gasteiger partial charge in [-0.3, -0.25) is 0 Å². The molecule has 0 aliphatic rings. The average molecular weight is 286 g/mol. The minimum atomic E-state index is -4.75. The molecule has 1 heterocycles. The van der Waals surface area contributed by atoms with Crippen LogP contribution in [0.1, 0.15) is 5.69 Å². The lowest BCUT2D eigenvalue weighted by Gasteiger charge is -2.12. The summed E-state index contributed by atoms with van der Waals surface area (Å²) in [6, 6.07) is 7.40. The fourth-order valence-electron chi connectivity index (χ4n) is 1.61. The second kappa shape index (κ2) is 5.00. The number of ether oxygens (including phenoxy) is 1. The summed E-state index contributed by atoms with van der Waals surface area (Å²) in [4.78, 5) is 6.80. The standard InChI is InChI=1S/C12H9F3N2OS/c1-7-6-9(17-11(19)16-7)8-4-2-3-5-10(8)18-12(13,14)15/h2-6H,1H3,(H,16,17,19). The third kappa shape index (κ3) is 3.54. The Kier molecular flexibility index (Phi) is 3.57. The van der Waals surface area contributed by atoms with Crippen molar-refractivity contribution in [2.24, 2.45) is 0 Å². The number of alkyl halides is 3. The van der Waals surface area contributed by atoms with Crippen LogP contribution < -0.4 is 4.74 Å². The number of aromatic amines is 1. The van der Waals surface area contributed by atoms with Crippen molar-refractivity contribution in [1.82, 2.24) is 9.97 Å². The Morgan fingerprint density at radius 2 is 1.95 bits per heavy atom. The van der Waals surface area contributed by atoms with Crippen LogP contribution in [0.5, 0.6) is 5.75 Å². The molecule has 1 aromatic heterocycles. The molecule has 0 radical (unpaired) electrons. The molecule has 0 spiro atoms. The van der Waals surface area contributed by atoms with E-state index in [9.17, 15) is 13.2 Å². The number of benzene rings is 1. The lowest BCUT2D eigenvalue weighted by Crippen LogP contribution is -2.17. The maximum absolute atomic E-state index is 12.3. The van der Waals surface area contributed by atoms with Crippen LogP contribution in [0, 0.1) is 11.7 Å². The predicted molar refractivity (Wildman–Crippen MR) is 66.3 cm³/mol. The molecule has 0 amide bonds. The van der Waals surface area contributed by atoms with Crippen molar-refractivity contribution < 1.29 is 17.9 Å². The third-order valence-electron chi connectivity index (χ3n) is 2.27. The molecule has 0 aliphatic heterocycles. The predicted octanol–water partition coefficient (Wildman–Crippen LogP) is 4.01. The first kappa shape index (κ1) is 13.5. The van der Waals surface area contributed by atoms with Gasteiger partial charge in [-0.2, -0.15) is 0 Å². The zero-order chi connectivity index (χ0) is 14.0. The highest BCUT2D eigenvalue weighted by atomic mass is 32.1. The number of halogens is 3. The zero-order valence-corrected chi connectivity index (χ0v) is 10.6. The van der Waals surface area contributed by atoms with Crippen molar-refractivity contribution in [1.29, 1.82) is 0 Å². The molecule has 1 aromatic carbocycles. The molecule has 0 aliphatic carbocycles. The highest BCUT2D eigenvalue weighted by Crippen LogP contribution is 2.32. The number of nitrogens with zero attached hydrogens (tertiary/aromatic N) is 1. The van der Waals surface area contributed by atoms with Gasteiger partial charge in [-0.05, 0) is 37.3 Å². The summed E-state index contributed by atoms with van der Waals surface area (Å²) in [6.45, 7) is 1.74. The van der Waals surface area contributed by atoms with Gasteiger partial charge in [0.1, 0.15) is 5.75 Å². The van der Waals surface area contributed by atoms with Gasteiger partial charge in [0.15, 0.2) is 4.77 Å². The van der Waals surface area contributed by atoms with Crippen LogP contribution in [-0.4, -0.2) is 16.3 Å². The number of para-hydroxylation sites is 1. The van der Waals surface area contributed by atoms with E-state index in [0.717, 1.165) is 0 Å². The van der Waals surface area contributed by atoms with Crippen LogP contribution in [0.4, 0.5) is 13.2 Å². The van der Waals surface area contributed by atoms with Gasteiger partial charge in [0, 0.05) is 11.3 Å². The fraction of sp³-hybridized carbons (Fsp3) is 0.167. The van der Waals surface area contributed by atoms with Gasteiger partial charge in [-0.15, -0.1) is 13.2 Å². The summed E-state index contributed by atoms with van der Waals surface area (Å²) in [6.07, 6.45) is -4.75. The molecule has 0 saturated heterocycles. The van der Waals surface area contributed by atoms with Gasteiger partial charge in [0.05, 0.1) is 5.69 Å². The molecule has 7 heteroatoms. The highest BCUT2D eigenvalue weighted by Gasteiger charge is 2.32. The Hall–Kier alpha value is -1.89. The maximum atomic E-state index is 12.3. The summed E-state index contributed by atoms with van der Waals surface area (Å²) >= 11 is 4.91. The number of rotatable bonds is 2. The van der Waals surface area contributed by atoms with Gasteiger partial charge in [-0.1, -0.05) is 12.1 Å². The topological polar surface area (TPSA) is 37.9 Å². The van der Waals surface area contributed by atoms with Crippen molar-refractivity contribution in [2.75, 3.05) is 0 Å². The lowest BCUT2D eigenvalue weighted by molar-refractivity contribution is -0.274. The molecule has 0 fully saturated rings. The second-order valence-electron chi connectivity index (χ2n) is 3.80. The Balaban J connectivity index is 2.53. The second-order valence-corrected chi connectivity index (χ2v) is 4.19. The largest absolute Gasteiger partial charge is 0.573 e. The summed E-state index contributed by atoms with van der Waals surface area (Å²) < 4.78 is 41.2. The normalized spacial score (nSPS) is 11.4. The van der Waals surface area contributed by atoms with Gasteiger partial charge in [0.25, 0.3) is 0 Å². The van der Waals surface area contributed by atoms with Crippen LogP contribution in [-0.2, 0) is 0 Å². The Morgan fingerprint density at radius 3 is 2.58 bits per heavy atom. The van der Waals surface area contributed by atoms with E-state index in [4.69, 9.17) is 12.2 Å². The first-order valence-corrected chi connectivity index (χ1v) is 5.69. The maximum Gasteiger partial charge on any atom is 0.573 e. The molecular weight excluding hydrogens is 277 g/mol. The molecule has 2 aromatic rings. The first-order valence-electron chi connectivity index (χ1n) is 5.28. The number of H-pyrrole nitrogens is 1. The SMILES string of the molecule is Cc1cc(-c2ccccc2OC(F)(F)F)nc(=S)[nH]1. The number of aryl methyl sites for hydroxylation is 1. The molecule has 0 bridgehead atoms. The van der Waals surface area contributed by atoms with Gasteiger partial charge in [0.2, 0.25) is 0 Å². The number of hydrogen-bond donors (Lipinski definition) is 1. The summed E-state index contributed by atoms with van der Waals surface area (Å²) in [5.41, 5.74) is 1.28. The minimum absolute atomic E-state index is 0.205. The molecule has 100 valence electrons. The Bertz CT molecular complexity index is 652. The van der Waals surface area contributed by atoms with E-state index >= 15 is 0 Å². The molecular formula is C12H9F3N2OS. The molecule has 1 N–H and O–H groups in total. The van der Waals surface area contributed by atoms with Gasteiger partial charge >= 0.3 is 6.36 Å². The molecule has 0 atom stereocenters. The third-order valence-corrected chi connectivity index (χ3v) is 2.46. The molecule has 19 heavy (non-hydrogen) atoms. The van der Waals surface area contributed by atoms with Gasteiger partial charge < -0.3 is 9.72 Å². The minimum Gasteiger partial charge on any atom is -0.405 e. The van der Waals surface area contributed by atoms with E-state index in [1.165, 1.54) is 18.2 Å². The highest BCUT2D eigenvalue weighted by molar-refractivity contribution is 7.71. The van der Waals surface area contributed by atoms with Crippen molar-refractivity contribution in [3.8, 4) is 17.0 Å². The van der Waals surface area contributed by atoms with Crippen molar-refractivity contribution in [3.05, 3.63) is 40.8 Å². The van der Waals surface area contributed by atoms with Crippen LogP contribution in [0.2, 0.25) is 0 Å². The number of hydrogen-bond acceptors (Lipinski definition) is 3. The number of aromatic nitrogens is 2. The van der Waals surface area contributed by atoms with E-state index in [2.05, 4.69) is 14.7 Å². The van der Waals surface area contributed by atoms with Crippen LogP contribution in [0.3, 0.4) is 0 Å². The van der Waals surface area contributed by atoms with Gasteiger partial charge in [-0.25, -0.2) is 4.98 Å². The Morgan fingerprint density at radius 1 is 1.26 bits per heavy atom. The molecule has 0 saturated carbocycles. The van der Waals surface area contributed by atoms with Crippen LogP contribution in [0.25, 0.3) is 11.3 Å². The lowest BCUT2D eigenvalue weighted by atomic mass is 10.1. The molecule has 2 rings (SSSR count). The molecule has 0 unspecified atom stereocenters. The first-order chi connectivity index (χ1) is 8.85. The Labute approximate surface area is 112 Å². The fourth-order valence-corrected chi connectivity index (χ4v) is 1.87. The van der Waals surface area contributed by atoms with Crippen molar-refractivity contribution >= 4 is 12.2 Å². The number of nitrogens with one attached hydrogen (secondary N) is 1. The zero-order valence-electron chi connectivity index (χ0n) is 9.78. The quantitative estimate of drug-likeness (QED) is 0.847. The van der Waals surface area contributed by atoms with Crippen LogP contribution in [0.15, 0.2) is 30.3 Å².